The van der Waals surface area contributed by atoms with Gasteiger partial charge in [-0.25, -0.2) is 0 Å². The van der Waals surface area contributed by atoms with Gasteiger partial charge in [0, 0.05) is 0 Å². The standard InChI is InChI=1S/2C5H2F6O2.2H2O.2Zn/c2*6-4(7,8)2(12)1-3(13)5(9,10)11;;;;/h2*1,12H;2*1H2;;/q;;;;2*+2/p-2/b2*2-1-;;;;. The number of halogens is 12. The predicted molar refractivity (Wildman–Crippen MR) is 57.6 cm³/mol. The Labute approximate surface area is 182 Å². The quantitative estimate of drug-likeness (QED) is 0.199. The zero-order valence-electron chi connectivity index (χ0n) is 13.7. The molecule has 30 heavy (non-hydrogen) atoms. The Bertz CT molecular complexity index is 536. The van der Waals surface area contributed by atoms with Gasteiger partial charge in [-0.2, -0.15) is 52.7 Å². The monoisotopic (exact) mass is 578 g/mol. The summed E-state index contributed by atoms with van der Waals surface area (Å²) in [6.45, 7) is 0. The molecule has 0 saturated heterocycles. The molecule has 6 nitrogen and oxygen atoms in total. The molecule has 0 aromatic rings. The summed E-state index contributed by atoms with van der Waals surface area (Å²) in [5.74, 6) is -11.3. The molecule has 0 radical (unpaired) electrons. The summed E-state index contributed by atoms with van der Waals surface area (Å²) in [5, 5.41) is 19.6. The second-order valence-corrected chi connectivity index (χ2v) is 3.74. The van der Waals surface area contributed by atoms with Crippen molar-refractivity contribution in [3.8, 4) is 0 Å². The summed E-state index contributed by atoms with van der Waals surface area (Å²) in [6.07, 6.45) is -23.9. The molecule has 4 N–H and O–H groups in total. The largest absolute Gasteiger partial charge is 2.00 e. The van der Waals surface area contributed by atoms with Crippen LogP contribution in [0.1, 0.15) is 0 Å². The van der Waals surface area contributed by atoms with Crippen molar-refractivity contribution in [3.63, 3.8) is 0 Å². The summed E-state index contributed by atoms with van der Waals surface area (Å²) < 4.78 is 136. The molecule has 0 heterocycles. The molecule has 168 valence electrons. The molecule has 0 aromatic carbocycles. The van der Waals surface area contributed by atoms with E-state index in [0.29, 0.717) is 0 Å². The number of ketones is 2. The van der Waals surface area contributed by atoms with Crippen LogP contribution in [0.4, 0.5) is 52.7 Å². The molecule has 0 aliphatic carbocycles. The molecule has 0 unspecified atom stereocenters. The minimum absolute atomic E-state index is 0. The fraction of sp³-hybridized carbons (Fsp3) is 0.400. The third kappa shape index (κ3) is 18.8. The molecule has 0 bridgehead atoms. The maximum Gasteiger partial charge on any atom is 2.00 e. The van der Waals surface area contributed by atoms with E-state index in [9.17, 15) is 72.5 Å². The molecule has 0 aromatic heterocycles. The van der Waals surface area contributed by atoms with Gasteiger partial charge >= 0.3 is 63.7 Å². The topological polar surface area (TPSA) is 143 Å². The first-order valence-electron chi connectivity index (χ1n) is 5.24. The number of carbonyl (C=O) groups excluding carboxylic acids is 2. The van der Waals surface area contributed by atoms with E-state index < -0.39 is 59.9 Å². The van der Waals surface area contributed by atoms with Crippen molar-refractivity contribution in [1.29, 1.82) is 0 Å². The Kier molecular flexibility index (Phi) is 21.0. The van der Waals surface area contributed by atoms with Crippen LogP contribution < -0.4 is 10.2 Å². The van der Waals surface area contributed by atoms with Gasteiger partial charge < -0.3 is 21.2 Å². The van der Waals surface area contributed by atoms with Crippen molar-refractivity contribution >= 4 is 11.6 Å². The minimum Gasteiger partial charge on any atom is -0.869 e. The van der Waals surface area contributed by atoms with E-state index in [1.165, 1.54) is 0 Å². The van der Waals surface area contributed by atoms with Crippen LogP contribution >= 0.6 is 0 Å². The van der Waals surface area contributed by atoms with E-state index in [1.54, 1.807) is 0 Å². The van der Waals surface area contributed by atoms with E-state index in [2.05, 4.69) is 0 Å². The average molecular weight is 581 g/mol. The Hall–Kier alpha value is -1.25. The van der Waals surface area contributed by atoms with Crippen molar-refractivity contribution in [2.75, 3.05) is 0 Å². The molecule has 0 saturated carbocycles. The number of allylic oxidation sites excluding steroid dienone is 4. The zero-order valence-corrected chi connectivity index (χ0v) is 19.7. The number of rotatable bonds is 2. The Morgan fingerprint density at radius 2 is 0.667 bits per heavy atom. The second kappa shape index (κ2) is 14.7. The molecular formula is C10H6F12O6Zn2+2. The van der Waals surface area contributed by atoms with Gasteiger partial charge in [-0.15, -0.1) is 0 Å². The van der Waals surface area contributed by atoms with Crippen LogP contribution in [0.25, 0.3) is 0 Å². The molecule has 0 atom stereocenters. The fourth-order valence-electron chi connectivity index (χ4n) is 0.565. The molecule has 0 amide bonds. The van der Waals surface area contributed by atoms with E-state index in [4.69, 9.17) is 0 Å². The molecule has 0 aliphatic heterocycles. The van der Waals surface area contributed by atoms with Gasteiger partial charge in [0.15, 0.2) is 0 Å². The molecule has 0 aliphatic rings. The summed E-state index contributed by atoms with van der Waals surface area (Å²) in [4.78, 5) is 19.6. The Morgan fingerprint density at radius 1 is 0.500 bits per heavy atom. The Morgan fingerprint density at radius 3 is 0.767 bits per heavy atom. The van der Waals surface area contributed by atoms with Crippen LogP contribution in [0.5, 0.6) is 0 Å². The normalized spacial score (nSPS) is 12.5. The molecular weight excluding hydrogens is 575 g/mol. The van der Waals surface area contributed by atoms with Crippen molar-refractivity contribution in [2.24, 2.45) is 0 Å². The molecule has 0 fully saturated rings. The Balaban J connectivity index is -0.0000000847. The second-order valence-electron chi connectivity index (χ2n) is 3.74. The van der Waals surface area contributed by atoms with E-state index in [0.717, 1.165) is 0 Å². The van der Waals surface area contributed by atoms with E-state index in [-0.39, 0.29) is 49.9 Å². The van der Waals surface area contributed by atoms with Gasteiger partial charge in [-0.05, 0) is 23.7 Å². The summed E-state index contributed by atoms with van der Waals surface area (Å²) in [6, 6.07) is 0. The van der Waals surface area contributed by atoms with Crippen molar-refractivity contribution in [2.45, 2.75) is 24.7 Å². The van der Waals surface area contributed by atoms with Gasteiger partial charge in [-0.3, -0.25) is 9.59 Å². The van der Waals surface area contributed by atoms with Gasteiger partial charge in [0.05, 0.1) is 0 Å². The van der Waals surface area contributed by atoms with Crippen molar-refractivity contribution < 1.29 is 122 Å². The predicted octanol–water partition coefficient (Wildman–Crippen LogP) is 0.194. The molecule has 0 rings (SSSR count). The SMILES string of the molecule is O.O.O=C(/C=C(\[O-])C(F)(F)F)C(F)(F)F.O=C(/C=C(\[O-])C(F)(F)F)C(F)(F)F.[Zn+2].[Zn+2]. The van der Waals surface area contributed by atoms with Gasteiger partial charge in [0.25, 0.3) is 11.6 Å². The molecule has 0 spiro atoms. The van der Waals surface area contributed by atoms with Crippen LogP contribution in [-0.2, 0) is 48.5 Å². The van der Waals surface area contributed by atoms with Gasteiger partial charge in [0.2, 0.25) is 0 Å². The fourth-order valence-corrected chi connectivity index (χ4v) is 0.565. The van der Waals surface area contributed by atoms with Crippen LogP contribution in [0.3, 0.4) is 0 Å². The summed E-state index contributed by atoms with van der Waals surface area (Å²) in [5.41, 5.74) is 0. The van der Waals surface area contributed by atoms with Crippen molar-refractivity contribution in [3.05, 3.63) is 23.7 Å². The minimum atomic E-state index is -5.46. The first-order valence-corrected chi connectivity index (χ1v) is 5.24. The van der Waals surface area contributed by atoms with Crippen LogP contribution in [0.15, 0.2) is 23.7 Å². The van der Waals surface area contributed by atoms with E-state index in [1.807, 2.05) is 0 Å². The maximum absolute atomic E-state index is 11.3. The molecule has 20 heteroatoms. The number of hydrogen-bond acceptors (Lipinski definition) is 4. The summed E-state index contributed by atoms with van der Waals surface area (Å²) in [7, 11) is 0. The van der Waals surface area contributed by atoms with Crippen molar-refractivity contribution in [1.82, 2.24) is 0 Å². The van der Waals surface area contributed by atoms with Crippen LogP contribution in [0.2, 0.25) is 0 Å². The third-order valence-corrected chi connectivity index (χ3v) is 1.64. The number of hydrogen-bond donors (Lipinski definition) is 0. The number of carbonyl (C=O) groups is 2. The third-order valence-electron chi connectivity index (χ3n) is 1.64. The first-order chi connectivity index (χ1) is 11.1. The van der Waals surface area contributed by atoms with E-state index >= 15 is 0 Å². The summed E-state index contributed by atoms with van der Waals surface area (Å²) >= 11 is 0. The van der Waals surface area contributed by atoms with Crippen LogP contribution in [-0.4, -0.2) is 47.2 Å². The first kappa shape index (κ1) is 42.8. The zero-order chi connectivity index (χ0) is 21.7. The average Bonchev–Trinajstić information content (AvgIpc) is 2.34. The van der Waals surface area contributed by atoms with Gasteiger partial charge in [0.1, 0.15) is 0 Å². The smallest absolute Gasteiger partial charge is 0.869 e. The van der Waals surface area contributed by atoms with Crippen LogP contribution in [0, 0.1) is 0 Å². The van der Waals surface area contributed by atoms with Gasteiger partial charge in [-0.1, -0.05) is 0 Å². The number of alkyl halides is 12. The maximum atomic E-state index is 11.3.